The normalized spacial score (nSPS) is 23.2. The van der Waals surface area contributed by atoms with E-state index in [1.807, 2.05) is 36.7 Å². The molecule has 1 saturated carbocycles. The highest BCUT2D eigenvalue weighted by Gasteiger charge is 2.54. The minimum absolute atomic E-state index is 0.729. The SMILES string of the molecule is Cc1cc(C)n(-c2ccc(NCC3C4Cc5ccccc5C34)nn2)n1. The Bertz CT molecular complexity index is 928. The van der Waals surface area contributed by atoms with Crippen molar-refractivity contribution in [2.24, 2.45) is 11.8 Å². The molecule has 1 N–H and O–H groups in total. The van der Waals surface area contributed by atoms with Crippen molar-refractivity contribution < 1.29 is 0 Å². The van der Waals surface area contributed by atoms with Crippen LogP contribution in [-0.2, 0) is 6.42 Å². The summed E-state index contributed by atoms with van der Waals surface area (Å²) in [5.41, 5.74) is 5.16. The highest BCUT2D eigenvalue weighted by atomic mass is 15.4. The predicted octanol–water partition coefficient (Wildman–Crippen LogP) is 3.28. The molecule has 0 amide bonds. The van der Waals surface area contributed by atoms with E-state index < -0.39 is 0 Å². The number of aromatic nitrogens is 4. The summed E-state index contributed by atoms with van der Waals surface area (Å²) in [4.78, 5) is 0. The second kappa shape index (κ2) is 5.41. The van der Waals surface area contributed by atoms with Crippen molar-refractivity contribution in [2.75, 3.05) is 11.9 Å². The quantitative estimate of drug-likeness (QED) is 0.797. The van der Waals surface area contributed by atoms with Crippen molar-refractivity contribution in [1.82, 2.24) is 20.0 Å². The van der Waals surface area contributed by atoms with Gasteiger partial charge in [0.05, 0.1) is 5.69 Å². The number of nitrogens with zero attached hydrogens (tertiary/aromatic N) is 4. The maximum absolute atomic E-state index is 4.45. The first kappa shape index (κ1) is 14.6. The first-order valence-electron chi connectivity index (χ1n) is 8.90. The van der Waals surface area contributed by atoms with E-state index in [4.69, 9.17) is 0 Å². The monoisotopic (exact) mass is 331 g/mol. The number of anilines is 1. The summed E-state index contributed by atoms with van der Waals surface area (Å²) < 4.78 is 1.83. The first-order valence-corrected chi connectivity index (χ1v) is 8.90. The zero-order valence-corrected chi connectivity index (χ0v) is 14.5. The highest BCUT2D eigenvalue weighted by molar-refractivity contribution is 5.45. The van der Waals surface area contributed by atoms with Crippen molar-refractivity contribution in [1.29, 1.82) is 0 Å². The van der Waals surface area contributed by atoms with Crippen LogP contribution in [0.25, 0.3) is 5.82 Å². The minimum atomic E-state index is 0.729. The van der Waals surface area contributed by atoms with Crippen LogP contribution in [0.3, 0.4) is 0 Å². The van der Waals surface area contributed by atoms with Crippen LogP contribution in [0, 0.1) is 25.7 Å². The summed E-state index contributed by atoms with van der Waals surface area (Å²) in [7, 11) is 0. The van der Waals surface area contributed by atoms with Gasteiger partial charge < -0.3 is 5.32 Å². The molecule has 1 aromatic carbocycles. The van der Waals surface area contributed by atoms with Crippen LogP contribution in [0.5, 0.6) is 0 Å². The molecule has 2 aliphatic rings. The van der Waals surface area contributed by atoms with Gasteiger partial charge in [-0.15, -0.1) is 10.2 Å². The zero-order chi connectivity index (χ0) is 17.0. The van der Waals surface area contributed by atoms with E-state index in [1.54, 1.807) is 11.1 Å². The van der Waals surface area contributed by atoms with Gasteiger partial charge in [-0.05, 0) is 67.3 Å². The molecule has 5 rings (SSSR count). The van der Waals surface area contributed by atoms with Gasteiger partial charge in [0, 0.05) is 12.2 Å². The fourth-order valence-corrected chi connectivity index (χ4v) is 4.38. The first-order chi connectivity index (χ1) is 12.2. The highest BCUT2D eigenvalue weighted by Crippen LogP contribution is 2.61. The fraction of sp³-hybridized carbons (Fsp3) is 0.350. The van der Waals surface area contributed by atoms with E-state index in [0.29, 0.717) is 0 Å². The number of nitrogens with one attached hydrogen (secondary N) is 1. The van der Waals surface area contributed by atoms with E-state index in [1.165, 1.54) is 6.42 Å². The molecule has 2 heterocycles. The van der Waals surface area contributed by atoms with Crippen LogP contribution >= 0.6 is 0 Å². The molecule has 1 fully saturated rings. The van der Waals surface area contributed by atoms with Crippen LogP contribution in [0.1, 0.15) is 28.4 Å². The molecule has 126 valence electrons. The summed E-state index contributed by atoms with van der Waals surface area (Å²) in [5, 5.41) is 16.5. The second-order valence-corrected chi connectivity index (χ2v) is 7.25. The van der Waals surface area contributed by atoms with Gasteiger partial charge in [0.15, 0.2) is 5.82 Å². The average Bonchev–Trinajstić information content (AvgIpc) is 2.97. The maximum Gasteiger partial charge on any atom is 0.176 e. The van der Waals surface area contributed by atoms with E-state index in [-0.39, 0.29) is 0 Å². The standard InChI is InChI=1S/C20H21N5/c1-12-9-13(2)25(24-12)19-8-7-18(22-23-19)21-11-17-16-10-14-5-3-4-6-15(14)20(16)17/h3-9,16-17,20H,10-11H2,1-2H3,(H,21,22). The molecule has 0 spiro atoms. The molecule has 0 aliphatic heterocycles. The molecular weight excluding hydrogens is 310 g/mol. The Morgan fingerprint density at radius 3 is 2.76 bits per heavy atom. The largest absolute Gasteiger partial charge is 0.368 e. The molecule has 2 aliphatic carbocycles. The summed E-state index contributed by atoms with van der Waals surface area (Å²) in [6.07, 6.45) is 1.23. The van der Waals surface area contributed by atoms with Crippen molar-refractivity contribution >= 4 is 5.82 Å². The third-order valence-electron chi connectivity index (χ3n) is 5.60. The average molecular weight is 331 g/mol. The van der Waals surface area contributed by atoms with Crippen molar-refractivity contribution in [3.8, 4) is 5.82 Å². The Hall–Kier alpha value is -2.69. The van der Waals surface area contributed by atoms with Crippen LogP contribution in [-0.4, -0.2) is 26.5 Å². The zero-order valence-electron chi connectivity index (χ0n) is 14.5. The van der Waals surface area contributed by atoms with E-state index in [2.05, 4.69) is 44.9 Å². The second-order valence-electron chi connectivity index (χ2n) is 7.25. The third-order valence-corrected chi connectivity index (χ3v) is 5.60. The molecule has 3 aromatic rings. The van der Waals surface area contributed by atoms with Gasteiger partial charge in [0.25, 0.3) is 0 Å². The lowest BCUT2D eigenvalue weighted by Gasteiger charge is -2.09. The predicted molar refractivity (Wildman–Crippen MR) is 97.0 cm³/mol. The lowest BCUT2D eigenvalue weighted by molar-refractivity contribution is 0.715. The Kier molecular flexibility index (Phi) is 3.17. The summed E-state index contributed by atoms with van der Waals surface area (Å²) >= 11 is 0. The minimum Gasteiger partial charge on any atom is -0.368 e. The number of aryl methyl sites for hydroxylation is 2. The Balaban J connectivity index is 1.24. The third kappa shape index (κ3) is 2.42. The van der Waals surface area contributed by atoms with Crippen LogP contribution < -0.4 is 5.32 Å². The number of fused-ring (bicyclic) bond motifs is 3. The van der Waals surface area contributed by atoms with Crippen molar-refractivity contribution in [2.45, 2.75) is 26.2 Å². The van der Waals surface area contributed by atoms with E-state index >= 15 is 0 Å². The topological polar surface area (TPSA) is 55.6 Å². The molecule has 3 unspecified atom stereocenters. The molecule has 25 heavy (non-hydrogen) atoms. The molecule has 0 saturated heterocycles. The number of benzene rings is 1. The molecule has 5 nitrogen and oxygen atoms in total. The molecular formula is C20H21N5. The van der Waals surface area contributed by atoms with Gasteiger partial charge in [-0.1, -0.05) is 24.3 Å². The van der Waals surface area contributed by atoms with E-state index in [9.17, 15) is 0 Å². The molecule has 0 radical (unpaired) electrons. The molecule has 2 aromatic heterocycles. The van der Waals surface area contributed by atoms with Gasteiger partial charge in [0.2, 0.25) is 0 Å². The summed E-state index contributed by atoms with van der Waals surface area (Å²) in [5.74, 6) is 3.88. The van der Waals surface area contributed by atoms with Gasteiger partial charge in [-0.25, -0.2) is 4.68 Å². The number of hydrogen-bond acceptors (Lipinski definition) is 4. The number of rotatable bonds is 4. The van der Waals surface area contributed by atoms with Crippen LogP contribution in [0.4, 0.5) is 5.82 Å². The fourth-order valence-electron chi connectivity index (χ4n) is 4.38. The van der Waals surface area contributed by atoms with Gasteiger partial charge >= 0.3 is 0 Å². The maximum atomic E-state index is 4.45. The Morgan fingerprint density at radius 2 is 2.00 bits per heavy atom. The van der Waals surface area contributed by atoms with Crippen LogP contribution in [0.15, 0.2) is 42.5 Å². The lowest BCUT2D eigenvalue weighted by Crippen LogP contribution is -2.11. The smallest absolute Gasteiger partial charge is 0.176 e. The summed E-state index contributed by atoms with van der Waals surface area (Å²) in [6, 6.07) is 14.9. The van der Waals surface area contributed by atoms with E-state index in [0.717, 1.165) is 47.3 Å². The number of hydrogen-bond donors (Lipinski definition) is 1. The Morgan fingerprint density at radius 1 is 1.12 bits per heavy atom. The van der Waals surface area contributed by atoms with Crippen LogP contribution in [0.2, 0.25) is 0 Å². The van der Waals surface area contributed by atoms with Gasteiger partial charge in [-0.2, -0.15) is 5.10 Å². The van der Waals surface area contributed by atoms with Crippen molar-refractivity contribution in [3.05, 3.63) is 65.0 Å². The molecule has 5 heteroatoms. The van der Waals surface area contributed by atoms with Gasteiger partial charge in [0.1, 0.15) is 5.82 Å². The molecule has 0 bridgehead atoms. The Labute approximate surface area is 147 Å². The summed E-state index contributed by atoms with van der Waals surface area (Å²) in [6.45, 7) is 4.98. The van der Waals surface area contributed by atoms with Gasteiger partial charge in [-0.3, -0.25) is 0 Å². The lowest BCUT2D eigenvalue weighted by atomic mass is 10.0. The molecule has 3 atom stereocenters. The van der Waals surface area contributed by atoms with Crippen molar-refractivity contribution in [3.63, 3.8) is 0 Å².